The molecule has 1 saturated heterocycles. The molecule has 1 unspecified atom stereocenters. The zero-order chi connectivity index (χ0) is 12.2. The average Bonchev–Trinajstić information content (AvgIpc) is 2.63. The molecule has 5 nitrogen and oxygen atoms in total. The summed E-state index contributed by atoms with van der Waals surface area (Å²) < 4.78 is 10.4. The molecule has 0 bridgehead atoms. The van der Waals surface area contributed by atoms with E-state index in [0.29, 0.717) is 19.5 Å². The number of amides is 1. The predicted octanol–water partition coefficient (Wildman–Crippen LogP) is 1.21. The van der Waals surface area contributed by atoms with Gasteiger partial charge in [0.25, 0.3) is 0 Å². The van der Waals surface area contributed by atoms with Gasteiger partial charge in [0.1, 0.15) is 11.9 Å². The van der Waals surface area contributed by atoms with E-state index in [9.17, 15) is 9.59 Å². The largest absolute Gasteiger partial charge is 0.444 e. The molecule has 16 heavy (non-hydrogen) atoms. The number of ether oxygens (including phenoxy) is 2. The standard InChI is InChI=1S/C11H19NO4/c1-11(2,3)16-10(14)12(5-6-13)9-4-7-15-8-9/h6,9H,4-5,7-8H2,1-3H3. The predicted molar refractivity (Wildman–Crippen MR) is 58.2 cm³/mol. The van der Waals surface area contributed by atoms with Crippen LogP contribution in [-0.4, -0.2) is 48.7 Å². The number of hydrogen-bond acceptors (Lipinski definition) is 4. The second kappa shape index (κ2) is 5.30. The second-order valence-electron chi connectivity index (χ2n) is 4.82. The third-order valence-corrected chi connectivity index (χ3v) is 2.25. The molecule has 1 aliphatic heterocycles. The minimum absolute atomic E-state index is 0.0416. The summed E-state index contributed by atoms with van der Waals surface area (Å²) in [6.07, 6.45) is 1.02. The quantitative estimate of drug-likeness (QED) is 0.683. The number of carbonyl (C=O) groups is 2. The first-order chi connectivity index (χ1) is 7.44. The first-order valence-corrected chi connectivity index (χ1v) is 5.45. The molecule has 1 amide bonds. The minimum atomic E-state index is -0.544. The molecular weight excluding hydrogens is 210 g/mol. The molecule has 1 fully saturated rings. The molecule has 0 aromatic rings. The van der Waals surface area contributed by atoms with Crippen molar-refractivity contribution in [1.82, 2.24) is 4.90 Å². The number of hydrogen-bond donors (Lipinski definition) is 0. The highest BCUT2D eigenvalue weighted by molar-refractivity contribution is 5.72. The van der Waals surface area contributed by atoms with Gasteiger partial charge in [-0.3, -0.25) is 4.90 Å². The Morgan fingerprint density at radius 1 is 1.56 bits per heavy atom. The van der Waals surface area contributed by atoms with Crippen molar-refractivity contribution in [3.05, 3.63) is 0 Å². The Bertz CT molecular complexity index is 253. The third kappa shape index (κ3) is 3.81. The second-order valence-corrected chi connectivity index (χ2v) is 4.82. The van der Waals surface area contributed by atoms with Crippen molar-refractivity contribution in [2.75, 3.05) is 19.8 Å². The summed E-state index contributed by atoms with van der Waals surface area (Å²) in [6.45, 7) is 6.57. The van der Waals surface area contributed by atoms with Crippen LogP contribution in [0.3, 0.4) is 0 Å². The molecule has 1 atom stereocenters. The van der Waals surface area contributed by atoms with Crippen molar-refractivity contribution in [3.63, 3.8) is 0 Å². The van der Waals surface area contributed by atoms with Gasteiger partial charge in [-0.2, -0.15) is 0 Å². The zero-order valence-electron chi connectivity index (χ0n) is 10.1. The van der Waals surface area contributed by atoms with Crippen LogP contribution in [0, 0.1) is 0 Å². The summed E-state index contributed by atoms with van der Waals surface area (Å²) in [5, 5.41) is 0. The highest BCUT2D eigenvalue weighted by atomic mass is 16.6. The van der Waals surface area contributed by atoms with Crippen LogP contribution >= 0.6 is 0 Å². The van der Waals surface area contributed by atoms with Gasteiger partial charge in [0.15, 0.2) is 0 Å². The monoisotopic (exact) mass is 229 g/mol. The Labute approximate surface area is 95.7 Å². The molecule has 1 heterocycles. The summed E-state index contributed by atoms with van der Waals surface area (Å²) in [4.78, 5) is 23.8. The van der Waals surface area contributed by atoms with Gasteiger partial charge in [-0.15, -0.1) is 0 Å². The molecule has 1 aliphatic rings. The molecule has 1 rings (SSSR count). The van der Waals surface area contributed by atoms with Crippen LogP contribution in [-0.2, 0) is 14.3 Å². The van der Waals surface area contributed by atoms with E-state index in [0.717, 1.165) is 6.42 Å². The van der Waals surface area contributed by atoms with Gasteiger partial charge >= 0.3 is 6.09 Å². The summed E-state index contributed by atoms with van der Waals surface area (Å²) >= 11 is 0. The molecule has 92 valence electrons. The number of rotatable bonds is 3. The number of aldehydes is 1. The Hall–Kier alpha value is -1.10. The first kappa shape index (κ1) is 13.0. The lowest BCUT2D eigenvalue weighted by atomic mass is 10.2. The van der Waals surface area contributed by atoms with Gasteiger partial charge in [0.2, 0.25) is 0 Å². The zero-order valence-corrected chi connectivity index (χ0v) is 10.1. The van der Waals surface area contributed by atoms with Gasteiger partial charge < -0.3 is 14.3 Å². The molecule has 0 N–H and O–H groups in total. The van der Waals surface area contributed by atoms with E-state index in [1.54, 1.807) is 20.8 Å². The van der Waals surface area contributed by atoms with E-state index in [-0.39, 0.29) is 12.6 Å². The summed E-state index contributed by atoms with van der Waals surface area (Å²) in [5.41, 5.74) is -0.544. The van der Waals surface area contributed by atoms with Gasteiger partial charge in [-0.1, -0.05) is 0 Å². The Morgan fingerprint density at radius 2 is 2.25 bits per heavy atom. The molecule has 5 heteroatoms. The van der Waals surface area contributed by atoms with E-state index >= 15 is 0 Å². The van der Waals surface area contributed by atoms with Crippen LogP contribution in [0.4, 0.5) is 4.79 Å². The lowest BCUT2D eigenvalue weighted by Gasteiger charge is -2.29. The summed E-state index contributed by atoms with van der Waals surface area (Å²) in [7, 11) is 0. The maximum atomic E-state index is 11.8. The minimum Gasteiger partial charge on any atom is -0.444 e. The first-order valence-electron chi connectivity index (χ1n) is 5.45. The molecule has 0 saturated carbocycles. The topological polar surface area (TPSA) is 55.8 Å². The Balaban J connectivity index is 2.61. The number of carbonyl (C=O) groups excluding carboxylic acids is 2. The molecule has 0 aliphatic carbocycles. The number of nitrogens with zero attached hydrogens (tertiary/aromatic N) is 1. The molecular formula is C11H19NO4. The van der Waals surface area contributed by atoms with Gasteiger partial charge in [-0.05, 0) is 27.2 Å². The smallest absolute Gasteiger partial charge is 0.411 e. The fourth-order valence-electron chi connectivity index (χ4n) is 1.54. The Kier molecular flexibility index (Phi) is 4.29. The highest BCUT2D eigenvalue weighted by Crippen LogP contribution is 2.16. The summed E-state index contributed by atoms with van der Waals surface area (Å²) in [6, 6.07) is -0.0416. The molecule has 0 radical (unpaired) electrons. The van der Waals surface area contributed by atoms with Crippen molar-refractivity contribution in [3.8, 4) is 0 Å². The van der Waals surface area contributed by atoms with Gasteiger partial charge in [0.05, 0.1) is 19.2 Å². The van der Waals surface area contributed by atoms with Crippen LogP contribution in [0.15, 0.2) is 0 Å². The molecule has 0 aromatic carbocycles. The molecule has 0 aromatic heterocycles. The fraction of sp³-hybridized carbons (Fsp3) is 0.818. The van der Waals surface area contributed by atoms with Gasteiger partial charge in [-0.25, -0.2) is 4.79 Å². The van der Waals surface area contributed by atoms with E-state index in [2.05, 4.69) is 0 Å². The van der Waals surface area contributed by atoms with Crippen molar-refractivity contribution in [2.45, 2.75) is 38.8 Å². The van der Waals surface area contributed by atoms with Crippen molar-refractivity contribution >= 4 is 12.4 Å². The summed E-state index contributed by atoms with van der Waals surface area (Å²) in [5.74, 6) is 0. The van der Waals surface area contributed by atoms with Crippen LogP contribution in [0.5, 0.6) is 0 Å². The average molecular weight is 229 g/mol. The van der Waals surface area contributed by atoms with Crippen LogP contribution < -0.4 is 0 Å². The van der Waals surface area contributed by atoms with E-state index < -0.39 is 11.7 Å². The van der Waals surface area contributed by atoms with Crippen LogP contribution in [0.1, 0.15) is 27.2 Å². The van der Waals surface area contributed by atoms with Crippen molar-refractivity contribution in [2.24, 2.45) is 0 Å². The lowest BCUT2D eigenvalue weighted by molar-refractivity contribution is -0.109. The van der Waals surface area contributed by atoms with E-state index in [4.69, 9.17) is 9.47 Å². The Morgan fingerprint density at radius 3 is 2.69 bits per heavy atom. The normalized spacial score (nSPS) is 20.6. The fourth-order valence-corrected chi connectivity index (χ4v) is 1.54. The highest BCUT2D eigenvalue weighted by Gasteiger charge is 2.30. The van der Waals surface area contributed by atoms with Crippen LogP contribution in [0.25, 0.3) is 0 Å². The SMILES string of the molecule is CC(C)(C)OC(=O)N(CC=O)C1CCOC1. The van der Waals surface area contributed by atoms with E-state index in [1.807, 2.05) is 0 Å². The van der Waals surface area contributed by atoms with Crippen LogP contribution in [0.2, 0.25) is 0 Å². The third-order valence-electron chi connectivity index (χ3n) is 2.25. The van der Waals surface area contributed by atoms with Crippen molar-refractivity contribution in [1.29, 1.82) is 0 Å². The lowest BCUT2D eigenvalue weighted by Crippen LogP contribution is -2.44. The van der Waals surface area contributed by atoms with Crippen molar-refractivity contribution < 1.29 is 19.1 Å². The van der Waals surface area contributed by atoms with E-state index in [1.165, 1.54) is 4.90 Å². The maximum absolute atomic E-state index is 11.8. The molecule has 0 spiro atoms. The maximum Gasteiger partial charge on any atom is 0.411 e. The van der Waals surface area contributed by atoms with Gasteiger partial charge in [0, 0.05) is 6.61 Å².